The highest BCUT2D eigenvalue weighted by Crippen LogP contribution is 2.26. The van der Waals surface area contributed by atoms with E-state index in [-0.39, 0.29) is 11.7 Å². The van der Waals surface area contributed by atoms with E-state index in [2.05, 4.69) is 10.8 Å². The SMILES string of the molecule is CC(CCCOc1cc[c]cc1)c1ccc(OC(F)(F)F)cc1. The summed E-state index contributed by atoms with van der Waals surface area (Å²) < 4.78 is 45.8. The minimum absolute atomic E-state index is 0.197. The molecule has 0 saturated carbocycles. The molecule has 2 aromatic carbocycles. The lowest BCUT2D eigenvalue weighted by molar-refractivity contribution is -0.274. The van der Waals surface area contributed by atoms with E-state index in [4.69, 9.17) is 4.74 Å². The second-order valence-corrected chi connectivity index (χ2v) is 5.24. The van der Waals surface area contributed by atoms with Gasteiger partial charge in [0.05, 0.1) is 6.61 Å². The average Bonchev–Trinajstić information content (AvgIpc) is 2.51. The van der Waals surface area contributed by atoms with Gasteiger partial charge in [-0.15, -0.1) is 13.2 Å². The fourth-order valence-electron chi connectivity index (χ4n) is 2.21. The molecule has 23 heavy (non-hydrogen) atoms. The predicted molar refractivity (Wildman–Crippen MR) is 81.5 cm³/mol. The lowest BCUT2D eigenvalue weighted by Gasteiger charge is -2.14. The summed E-state index contributed by atoms with van der Waals surface area (Å²) in [7, 11) is 0. The Kier molecular flexibility index (Phi) is 5.90. The summed E-state index contributed by atoms with van der Waals surface area (Å²) in [4.78, 5) is 0. The molecular formula is C18H18F3O2. The van der Waals surface area contributed by atoms with Gasteiger partial charge in [-0.05, 0) is 54.7 Å². The second kappa shape index (κ2) is 7.90. The van der Waals surface area contributed by atoms with Crippen LogP contribution in [0, 0.1) is 6.07 Å². The van der Waals surface area contributed by atoms with Crippen molar-refractivity contribution in [3.8, 4) is 11.5 Å². The van der Waals surface area contributed by atoms with Crippen LogP contribution < -0.4 is 9.47 Å². The average molecular weight is 323 g/mol. The minimum atomic E-state index is -4.65. The van der Waals surface area contributed by atoms with Gasteiger partial charge in [-0.2, -0.15) is 0 Å². The lowest BCUT2D eigenvalue weighted by Crippen LogP contribution is -2.17. The third-order valence-corrected chi connectivity index (χ3v) is 3.42. The molecule has 0 aliphatic rings. The van der Waals surface area contributed by atoms with Crippen LogP contribution in [0.25, 0.3) is 0 Å². The van der Waals surface area contributed by atoms with Crippen molar-refractivity contribution < 1.29 is 22.6 Å². The maximum absolute atomic E-state index is 12.1. The van der Waals surface area contributed by atoms with Crippen LogP contribution in [0.3, 0.4) is 0 Å². The zero-order valence-electron chi connectivity index (χ0n) is 12.8. The highest BCUT2D eigenvalue weighted by molar-refractivity contribution is 5.29. The van der Waals surface area contributed by atoms with E-state index in [1.54, 1.807) is 24.3 Å². The van der Waals surface area contributed by atoms with Crippen LogP contribution in [0.2, 0.25) is 0 Å². The van der Waals surface area contributed by atoms with Gasteiger partial charge in [0.2, 0.25) is 0 Å². The van der Waals surface area contributed by atoms with Crippen LogP contribution in [-0.2, 0) is 0 Å². The van der Waals surface area contributed by atoms with Gasteiger partial charge in [0.1, 0.15) is 11.5 Å². The van der Waals surface area contributed by atoms with Gasteiger partial charge >= 0.3 is 6.36 Å². The first-order chi connectivity index (χ1) is 10.9. The van der Waals surface area contributed by atoms with Crippen molar-refractivity contribution >= 4 is 0 Å². The Morgan fingerprint density at radius 3 is 2.26 bits per heavy atom. The number of benzene rings is 2. The maximum Gasteiger partial charge on any atom is 0.573 e. The van der Waals surface area contributed by atoms with Crippen molar-refractivity contribution in [1.29, 1.82) is 0 Å². The molecular weight excluding hydrogens is 305 g/mol. The van der Waals surface area contributed by atoms with Crippen LogP contribution in [0.15, 0.2) is 48.5 Å². The van der Waals surface area contributed by atoms with Gasteiger partial charge in [-0.25, -0.2) is 0 Å². The molecule has 1 unspecified atom stereocenters. The summed E-state index contributed by atoms with van der Waals surface area (Å²) in [5, 5.41) is 0. The summed E-state index contributed by atoms with van der Waals surface area (Å²) in [6.45, 7) is 2.64. The molecule has 0 amide bonds. The zero-order chi connectivity index (χ0) is 16.7. The predicted octanol–water partition coefficient (Wildman–Crippen LogP) is 5.35. The number of halogens is 3. The quantitative estimate of drug-likeness (QED) is 0.640. The van der Waals surface area contributed by atoms with E-state index < -0.39 is 6.36 Å². The van der Waals surface area contributed by atoms with Gasteiger partial charge < -0.3 is 9.47 Å². The standard InChI is InChI=1S/C18H18F3O2/c1-14(6-5-13-22-16-7-3-2-4-8-16)15-9-11-17(12-10-15)23-18(19,20)21/h3-4,7-12,14H,5-6,13H2,1H3. The molecule has 0 N–H and O–H groups in total. The fourth-order valence-corrected chi connectivity index (χ4v) is 2.21. The number of ether oxygens (including phenoxy) is 2. The molecule has 0 fully saturated rings. The Hall–Kier alpha value is -2.17. The van der Waals surface area contributed by atoms with E-state index in [0.717, 1.165) is 24.2 Å². The van der Waals surface area contributed by atoms with Crippen LogP contribution >= 0.6 is 0 Å². The number of hydrogen-bond donors (Lipinski definition) is 0. The maximum atomic E-state index is 12.1. The minimum Gasteiger partial charge on any atom is -0.494 e. The molecule has 0 aromatic heterocycles. The van der Waals surface area contributed by atoms with Crippen molar-refractivity contribution in [2.75, 3.05) is 6.61 Å². The van der Waals surface area contributed by atoms with Crippen LogP contribution in [0.4, 0.5) is 13.2 Å². The monoisotopic (exact) mass is 323 g/mol. The molecule has 1 radical (unpaired) electrons. The lowest BCUT2D eigenvalue weighted by atomic mass is 9.96. The smallest absolute Gasteiger partial charge is 0.494 e. The third-order valence-electron chi connectivity index (χ3n) is 3.42. The van der Waals surface area contributed by atoms with Crippen molar-refractivity contribution in [3.63, 3.8) is 0 Å². The Labute approximate surface area is 133 Å². The molecule has 2 aromatic rings. The number of hydrogen-bond acceptors (Lipinski definition) is 2. The zero-order valence-corrected chi connectivity index (χ0v) is 12.8. The van der Waals surface area contributed by atoms with E-state index in [0.29, 0.717) is 6.61 Å². The molecule has 0 heterocycles. The van der Waals surface area contributed by atoms with Crippen molar-refractivity contribution in [2.45, 2.75) is 32.0 Å². The summed E-state index contributed by atoms with van der Waals surface area (Å²) in [5.41, 5.74) is 0.980. The van der Waals surface area contributed by atoms with E-state index in [1.165, 1.54) is 12.1 Å². The Balaban J connectivity index is 1.76. The highest BCUT2D eigenvalue weighted by atomic mass is 19.4. The second-order valence-electron chi connectivity index (χ2n) is 5.24. The molecule has 123 valence electrons. The summed E-state index contributed by atoms with van der Waals surface area (Å²) >= 11 is 0. The van der Waals surface area contributed by atoms with E-state index in [9.17, 15) is 13.2 Å². The van der Waals surface area contributed by atoms with Crippen LogP contribution in [0.5, 0.6) is 11.5 Å². The Bertz CT molecular complexity index is 579. The first kappa shape index (κ1) is 17.2. The summed E-state index contributed by atoms with van der Waals surface area (Å²) in [6.07, 6.45) is -2.90. The van der Waals surface area contributed by atoms with Gasteiger partial charge in [-0.3, -0.25) is 0 Å². The van der Waals surface area contributed by atoms with E-state index in [1.807, 2.05) is 19.1 Å². The first-order valence-electron chi connectivity index (χ1n) is 7.39. The molecule has 2 nitrogen and oxygen atoms in total. The van der Waals surface area contributed by atoms with Crippen LogP contribution in [0.1, 0.15) is 31.2 Å². The molecule has 1 atom stereocenters. The van der Waals surface area contributed by atoms with Gasteiger partial charge in [0, 0.05) is 0 Å². The number of rotatable bonds is 7. The highest BCUT2D eigenvalue weighted by Gasteiger charge is 2.30. The topological polar surface area (TPSA) is 18.5 Å². The van der Waals surface area contributed by atoms with E-state index >= 15 is 0 Å². The van der Waals surface area contributed by atoms with Crippen molar-refractivity contribution in [2.24, 2.45) is 0 Å². The Morgan fingerprint density at radius 2 is 1.65 bits per heavy atom. The molecule has 5 heteroatoms. The Morgan fingerprint density at radius 1 is 1.00 bits per heavy atom. The van der Waals surface area contributed by atoms with Gasteiger partial charge in [0.15, 0.2) is 0 Å². The molecule has 0 saturated heterocycles. The van der Waals surface area contributed by atoms with Gasteiger partial charge in [0.25, 0.3) is 0 Å². The van der Waals surface area contributed by atoms with Crippen molar-refractivity contribution in [1.82, 2.24) is 0 Å². The summed E-state index contributed by atoms with van der Waals surface area (Å²) in [5.74, 6) is 0.852. The largest absolute Gasteiger partial charge is 0.573 e. The van der Waals surface area contributed by atoms with Gasteiger partial charge in [-0.1, -0.05) is 31.2 Å². The third kappa shape index (κ3) is 6.22. The molecule has 2 rings (SSSR count). The fraction of sp³-hybridized carbons (Fsp3) is 0.333. The van der Waals surface area contributed by atoms with Crippen molar-refractivity contribution in [3.05, 3.63) is 60.2 Å². The number of alkyl halides is 3. The molecule has 0 spiro atoms. The normalized spacial score (nSPS) is 12.7. The molecule has 0 bridgehead atoms. The molecule has 0 aliphatic carbocycles. The first-order valence-corrected chi connectivity index (χ1v) is 7.39. The summed E-state index contributed by atoms with van der Waals surface area (Å²) in [6, 6.07) is 16.2. The van der Waals surface area contributed by atoms with Crippen LogP contribution in [-0.4, -0.2) is 13.0 Å². The molecule has 0 aliphatic heterocycles.